The molecule has 3 nitrogen and oxygen atoms in total. The van der Waals surface area contributed by atoms with E-state index in [0.717, 1.165) is 12.8 Å². The molecule has 0 aromatic rings. The molecule has 1 saturated carbocycles. The Balaban J connectivity index is 1.99. The minimum atomic E-state index is -0.362. The molecular weight excluding hydrogens is 264 g/mol. The van der Waals surface area contributed by atoms with Gasteiger partial charge in [0, 0.05) is 0 Å². The van der Waals surface area contributed by atoms with Crippen LogP contribution < -0.4 is 0 Å². The zero-order valence-electron chi connectivity index (χ0n) is 13.2. The van der Waals surface area contributed by atoms with Gasteiger partial charge in [-0.1, -0.05) is 39.0 Å². The zero-order chi connectivity index (χ0) is 15.6. The Morgan fingerprint density at radius 2 is 1.81 bits per heavy atom. The first kappa shape index (κ1) is 16.0. The predicted octanol–water partition coefficient (Wildman–Crippen LogP) is 3.75. The number of ether oxygens (including phenoxy) is 1. The van der Waals surface area contributed by atoms with Crippen molar-refractivity contribution in [1.82, 2.24) is 0 Å². The Morgan fingerprint density at radius 1 is 1.19 bits per heavy atom. The lowest BCUT2D eigenvalue weighted by atomic mass is 9.88. The van der Waals surface area contributed by atoms with Crippen LogP contribution >= 0.6 is 0 Å². The van der Waals surface area contributed by atoms with Crippen molar-refractivity contribution in [1.29, 1.82) is 0 Å². The number of hydrogen-bond acceptors (Lipinski definition) is 3. The van der Waals surface area contributed by atoms with Crippen LogP contribution in [0.15, 0.2) is 24.8 Å². The number of carbonyl (C=O) groups excluding carboxylic acids is 2. The number of rotatable bonds is 6. The van der Waals surface area contributed by atoms with Crippen LogP contribution in [0.1, 0.15) is 40.0 Å². The molecule has 116 valence electrons. The van der Waals surface area contributed by atoms with Gasteiger partial charge in [-0.2, -0.15) is 0 Å². The van der Waals surface area contributed by atoms with E-state index in [0.29, 0.717) is 11.8 Å². The summed E-state index contributed by atoms with van der Waals surface area (Å²) in [7, 11) is 0. The highest BCUT2D eigenvalue weighted by Crippen LogP contribution is 2.47. The Morgan fingerprint density at radius 3 is 2.38 bits per heavy atom. The number of esters is 2. The van der Waals surface area contributed by atoms with E-state index in [2.05, 4.69) is 39.5 Å². The second-order valence-electron chi connectivity index (χ2n) is 6.99. The van der Waals surface area contributed by atoms with Crippen LogP contribution in [0.3, 0.4) is 0 Å². The number of fused-ring (bicyclic) bond motifs is 1. The van der Waals surface area contributed by atoms with Gasteiger partial charge in [0.1, 0.15) is 0 Å². The monoisotopic (exact) mass is 290 g/mol. The minimum absolute atomic E-state index is 0.0664. The van der Waals surface area contributed by atoms with E-state index in [1.165, 1.54) is 6.42 Å². The molecule has 0 bridgehead atoms. The fourth-order valence-corrected chi connectivity index (χ4v) is 3.85. The maximum Gasteiger partial charge on any atom is 0.318 e. The van der Waals surface area contributed by atoms with Gasteiger partial charge >= 0.3 is 11.9 Å². The summed E-state index contributed by atoms with van der Waals surface area (Å²) in [5, 5.41) is 0. The molecule has 1 unspecified atom stereocenters. The van der Waals surface area contributed by atoms with Gasteiger partial charge in [-0.05, 0) is 42.9 Å². The third-order valence-electron chi connectivity index (χ3n) is 4.70. The Kier molecular flexibility index (Phi) is 5.02. The first-order valence-corrected chi connectivity index (χ1v) is 7.98. The maximum absolute atomic E-state index is 11.9. The molecule has 1 aliphatic heterocycles. The summed E-state index contributed by atoms with van der Waals surface area (Å²) in [4.78, 5) is 23.6. The SMILES string of the molecule is C=C[C@H]1C[C@@H](/C=C/CC(C)CC(C)C)[C@@H]2C(=O)OC(=O)[C@@H]21. The van der Waals surface area contributed by atoms with Crippen molar-refractivity contribution < 1.29 is 14.3 Å². The van der Waals surface area contributed by atoms with Crippen molar-refractivity contribution in [3.63, 3.8) is 0 Å². The molecule has 2 aliphatic rings. The van der Waals surface area contributed by atoms with Crippen LogP contribution in [-0.4, -0.2) is 11.9 Å². The summed E-state index contributed by atoms with van der Waals surface area (Å²) in [5.41, 5.74) is 0. The molecule has 0 aromatic carbocycles. The number of carbonyl (C=O) groups is 2. The lowest BCUT2D eigenvalue weighted by Crippen LogP contribution is -2.19. The summed E-state index contributed by atoms with van der Waals surface area (Å²) in [6.45, 7) is 10.5. The fraction of sp³-hybridized carbons (Fsp3) is 0.667. The molecule has 1 saturated heterocycles. The van der Waals surface area contributed by atoms with E-state index in [1.807, 2.05) is 0 Å². The van der Waals surface area contributed by atoms with Crippen molar-refractivity contribution in [3.05, 3.63) is 24.8 Å². The highest BCUT2D eigenvalue weighted by molar-refractivity contribution is 5.97. The molecule has 0 N–H and O–H groups in total. The van der Waals surface area contributed by atoms with Gasteiger partial charge in [0.2, 0.25) is 0 Å². The lowest BCUT2D eigenvalue weighted by Gasteiger charge is -2.12. The Bertz CT molecular complexity index is 449. The van der Waals surface area contributed by atoms with Crippen LogP contribution in [0, 0.1) is 35.5 Å². The quantitative estimate of drug-likeness (QED) is 0.425. The largest absolute Gasteiger partial charge is 0.393 e. The van der Waals surface area contributed by atoms with E-state index >= 15 is 0 Å². The number of hydrogen-bond donors (Lipinski definition) is 0. The highest BCUT2D eigenvalue weighted by Gasteiger charge is 2.55. The van der Waals surface area contributed by atoms with Crippen molar-refractivity contribution >= 4 is 11.9 Å². The standard InChI is InChI=1S/C18H26O3/c1-5-13-10-14(8-6-7-12(4)9-11(2)3)16-15(13)17(19)21-18(16)20/h5-6,8,11-16H,1,7,9-10H2,2-4H3/b8-6+/t12?,13-,14+,15+,16-/m0/s1. The van der Waals surface area contributed by atoms with Gasteiger partial charge < -0.3 is 4.74 Å². The summed E-state index contributed by atoms with van der Waals surface area (Å²) >= 11 is 0. The van der Waals surface area contributed by atoms with Gasteiger partial charge in [0.05, 0.1) is 11.8 Å². The van der Waals surface area contributed by atoms with E-state index in [1.54, 1.807) is 6.08 Å². The van der Waals surface area contributed by atoms with Gasteiger partial charge in [-0.3, -0.25) is 9.59 Å². The Labute approximate surface area is 127 Å². The Hall–Kier alpha value is -1.38. The van der Waals surface area contributed by atoms with Crippen LogP contribution in [0.4, 0.5) is 0 Å². The average Bonchev–Trinajstić information content (AvgIpc) is 2.89. The second-order valence-corrected chi connectivity index (χ2v) is 6.99. The summed E-state index contributed by atoms with van der Waals surface area (Å²) in [5.74, 6) is 0.218. The first-order chi connectivity index (χ1) is 9.93. The van der Waals surface area contributed by atoms with E-state index in [4.69, 9.17) is 4.74 Å². The molecule has 1 aliphatic carbocycles. The molecule has 0 spiro atoms. The molecular formula is C18H26O3. The van der Waals surface area contributed by atoms with Gasteiger partial charge in [0.15, 0.2) is 0 Å². The van der Waals surface area contributed by atoms with Crippen molar-refractivity contribution in [2.75, 3.05) is 0 Å². The fourth-order valence-electron chi connectivity index (χ4n) is 3.85. The van der Waals surface area contributed by atoms with Crippen molar-refractivity contribution in [2.45, 2.75) is 40.0 Å². The molecule has 0 amide bonds. The number of allylic oxidation sites excluding steroid dienone is 3. The third-order valence-corrected chi connectivity index (χ3v) is 4.70. The topological polar surface area (TPSA) is 43.4 Å². The van der Waals surface area contributed by atoms with Gasteiger partial charge in [-0.15, -0.1) is 6.58 Å². The third kappa shape index (κ3) is 3.45. The summed E-state index contributed by atoms with van der Waals surface area (Å²) in [6.07, 6.45) is 9.15. The molecule has 0 radical (unpaired) electrons. The van der Waals surface area contributed by atoms with Crippen molar-refractivity contribution in [2.24, 2.45) is 35.5 Å². The number of cyclic esters (lactones) is 2. The highest BCUT2D eigenvalue weighted by atomic mass is 16.6. The molecule has 2 fully saturated rings. The molecule has 5 atom stereocenters. The molecule has 2 rings (SSSR count). The van der Waals surface area contributed by atoms with Crippen LogP contribution in [0.5, 0.6) is 0 Å². The van der Waals surface area contributed by atoms with Crippen molar-refractivity contribution in [3.8, 4) is 0 Å². The first-order valence-electron chi connectivity index (χ1n) is 7.98. The smallest absolute Gasteiger partial charge is 0.318 e. The summed E-state index contributed by atoms with van der Waals surface area (Å²) < 4.78 is 4.81. The van der Waals surface area contributed by atoms with Gasteiger partial charge in [-0.25, -0.2) is 0 Å². The molecule has 21 heavy (non-hydrogen) atoms. The average molecular weight is 290 g/mol. The lowest BCUT2D eigenvalue weighted by molar-refractivity contribution is -0.154. The van der Waals surface area contributed by atoms with Crippen LogP contribution in [-0.2, 0) is 14.3 Å². The molecule has 3 heteroatoms. The zero-order valence-corrected chi connectivity index (χ0v) is 13.2. The molecule has 1 heterocycles. The van der Waals surface area contributed by atoms with Gasteiger partial charge in [0.25, 0.3) is 0 Å². The van der Waals surface area contributed by atoms with Crippen LogP contribution in [0.25, 0.3) is 0 Å². The van der Waals surface area contributed by atoms with E-state index in [-0.39, 0.29) is 35.6 Å². The second kappa shape index (κ2) is 6.59. The predicted molar refractivity (Wildman–Crippen MR) is 82.2 cm³/mol. The van der Waals surface area contributed by atoms with E-state index < -0.39 is 0 Å². The molecule has 0 aromatic heterocycles. The normalized spacial score (nSPS) is 33.5. The van der Waals surface area contributed by atoms with Crippen LogP contribution in [0.2, 0.25) is 0 Å². The minimum Gasteiger partial charge on any atom is -0.393 e. The van der Waals surface area contributed by atoms with E-state index in [9.17, 15) is 9.59 Å². The summed E-state index contributed by atoms with van der Waals surface area (Å²) in [6, 6.07) is 0. The maximum atomic E-state index is 11.9.